The summed E-state index contributed by atoms with van der Waals surface area (Å²) in [7, 11) is 5.83. The summed E-state index contributed by atoms with van der Waals surface area (Å²) < 4.78 is 33.9. The minimum atomic E-state index is -0.503. The van der Waals surface area contributed by atoms with Gasteiger partial charge in [0.05, 0.1) is 72.7 Å². The molecule has 0 atom stereocenters. The highest BCUT2D eigenvalue weighted by Crippen LogP contribution is 2.51. The van der Waals surface area contributed by atoms with Crippen molar-refractivity contribution >= 4 is 34.6 Å². The Kier molecular flexibility index (Phi) is 9.80. The van der Waals surface area contributed by atoms with Crippen molar-refractivity contribution in [2.45, 2.75) is 39.9 Å². The summed E-state index contributed by atoms with van der Waals surface area (Å²) in [6, 6.07) is 14.5. The van der Waals surface area contributed by atoms with Crippen LogP contribution in [-0.4, -0.2) is 52.6 Å². The van der Waals surface area contributed by atoms with Gasteiger partial charge in [0.1, 0.15) is 23.0 Å². The molecule has 0 radical (unpaired) electrons. The van der Waals surface area contributed by atoms with Gasteiger partial charge in [0.2, 0.25) is 0 Å². The smallest absolute Gasteiger partial charge is 0.339 e. The van der Waals surface area contributed by atoms with E-state index in [1.165, 1.54) is 36.9 Å². The number of carbonyl (C=O) groups excluding carboxylic acids is 2. The predicted octanol–water partition coefficient (Wildman–Crippen LogP) is 7.98. The molecule has 0 unspecified atom stereocenters. The maximum Gasteiger partial charge on any atom is 0.339 e. The van der Waals surface area contributed by atoms with Crippen molar-refractivity contribution in [3.63, 3.8) is 0 Å². The van der Waals surface area contributed by atoms with Crippen molar-refractivity contribution in [3.05, 3.63) is 59.7 Å². The van der Waals surface area contributed by atoms with E-state index in [4.69, 9.17) is 28.4 Å². The molecule has 0 fully saturated rings. The van der Waals surface area contributed by atoms with Crippen molar-refractivity contribution in [1.29, 1.82) is 0 Å². The zero-order valence-electron chi connectivity index (χ0n) is 24.9. The van der Waals surface area contributed by atoms with Gasteiger partial charge >= 0.3 is 11.9 Å². The fourth-order valence-corrected chi connectivity index (χ4v) is 6.91. The molecule has 222 valence electrons. The molecule has 8 nitrogen and oxygen atoms in total. The summed E-state index contributed by atoms with van der Waals surface area (Å²) in [6.07, 6.45) is -0.218. The lowest BCUT2D eigenvalue weighted by Crippen LogP contribution is -2.08. The van der Waals surface area contributed by atoms with Gasteiger partial charge in [-0.15, -0.1) is 22.7 Å². The third kappa shape index (κ3) is 6.24. The first-order chi connectivity index (χ1) is 20.1. The van der Waals surface area contributed by atoms with Crippen LogP contribution in [-0.2, 0) is 9.47 Å². The standard InChI is InChI=1S/C32H34O8S2/c1-17(2)39-23-13-9-11-21(35-5)27(23)29-19(31(33)37-7)15-25(41-29)26-16-20(32(34)38-8)30(42-26)28-22(36-6)12-10-14-24(28)40-18(3)4/h9-18H,1-8H3. The van der Waals surface area contributed by atoms with Gasteiger partial charge < -0.3 is 28.4 Å². The number of benzene rings is 2. The first-order valence-corrected chi connectivity index (χ1v) is 14.9. The van der Waals surface area contributed by atoms with Gasteiger partial charge in [-0.25, -0.2) is 9.59 Å². The van der Waals surface area contributed by atoms with E-state index in [0.29, 0.717) is 55.0 Å². The van der Waals surface area contributed by atoms with Gasteiger partial charge in [0, 0.05) is 9.75 Å². The number of hydrogen-bond donors (Lipinski definition) is 0. The van der Waals surface area contributed by atoms with Crippen LogP contribution in [0.4, 0.5) is 0 Å². The molecule has 0 saturated carbocycles. The van der Waals surface area contributed by atoms with Crippen molar-refractivity contribution < 1.29 is 38.0 Å². The quantitative estimate of drug-likeness (QED) is 0.158. The molecule has 2 heterocycles. The molecule has 4 aromatic rings. The van der Waals surface area contributed by atoms with Crippen LogP contribution in [0.3, 0.4) is 0 Å². The van der Waals surface area contributed by atoms with Gasteiger partial charge in [-0.2, -0.15) is 0 Å². The van der Waals surface area contributed by atoms with Crippen molar-refractivity contribution in [1.82, 2.24) is 0 Å². The Morgan fingerprint density at radius 2 is 0.952 bits per heavy atom. The molecule has 2 aromatic carbocycles. The molecule has 0 saturated heterocycles. The first kappa shape index (κ1) is 30.9. The zero-order valence-corrected chi connectivity index (χ0v) is 26.5. The summed E-state index contributed by atoms with van der Waals surface area (Å²) in [5, 5.41) is 0. The number of rotatable bonds is 11. The van der Waals surface area contributed by atoms with Gasteiger partial charge in [0.15, 0.2) is 0 Å². The number of hydrogen-bond acceptors (Lipinski definition) is 10. The van der Waals surface area contributed by atoms with E-state index in [-0.39, 0.29) is 12.2 Å². The van der Waals surface area contributed by atoms with Gasteiger partial charge in [0.25, 0.3) is 0 Å². The monoisotopic (exact) mass is 610 g/mol. The third-order valence-electron chi connectivity index (χ3n) is 6.11. The second-order valence-electron chi connectivity index (χ2n) is 9.69. The average Bonchev–Trinajstić information content (AvgIpc) is 3.60. The Morgan fingerprint density at radius 3 is 1.26 bits per heavy atom. The van der Waals surface area contributed by atoms with Crippen LogP contribution >= 0.6 is 22.7 Å². The molecule has 0 aliphatic rings. The van der Waals surface area contributed by atoms with Crippen LogP contribution in [0.25, 0.3) is 30.6 Å². The van der Waals surface area contributed by atoms with Crippen LogP contribution in [0.5, 0.6) is 23.0 Å². The van der Waals surface area contributed by atoms with Crippen LogP contribution < -0.4 is 18.9 Å². The molecule has 4 rings (SSSR count). The Labute approximate surface area is 253 Å². The molecule has 0 aliphatic heterocycles. The zero-order chi connectivity index (χ0) is 30.6. The predicted molar refractivity (Wildman–Crippen MR) is 166 cm³/mol. The van der Waals surface area contributed by atoms with E-state index in [0.717, 1.165) is 9.75 Å². The molecular weight excluding hydrogens is 576 g/mol. The van der Waals surface area contributed by atoms with Crippen molar-refractivity contribution in [2.24, 2.45) is 0 Å². The van der Waals surface area contributed by atoms with Gasteiger partial charge in [-0.05, 0) is 64.1 Å². The maximum atomic E-state index is 13.1. The summed E-state index contributed by atoms with van der Waals surface area (Å²) >= 11 is 2.75. The molecule has 0 aliphatic carbocycles. The van der Waals surface area contributed by atoms with E-state index in [9.17, 15) is 9.59 Å². The van der Waals surface area contributed by atoms with E-state index >= 15 is 0 Å². The van der Waals surface area contributed by atoms with Crippen LogP contribution in [0.15, 0.2) is 48.5 Å². The third-order valence-corrected chi connectivity index (χ3v) is 8.61. The summed E-state index contributed by atoms with van der Waals surface area (Å²) in [5.41, 5.74) is 2.00. The minimum absolute atomic E-state index is 0.109. The highest BCUT2D eigenvalue weighted by atomic mass is 32.1. The molecule has 0 amide bonds. The van der Waals surface area contributed by atoms with Gasteiger partial charge in [-0.3, -0.25) is 0 Å². The lowest BCUT2D eigenvalue weighted by Gasteiger charge is -2.17. The van der Waals surface area contributed by atoms with Gasteiger partial charge in [-0.1, -0.05) is 12.1 Å². The SMILES string of the molecule is COC(=O)c1cc(-c2cc(C(=O)OC)c(-c3c(OC)cccc3OC(C)C)s2)sc1-c1c(OC)cccc1OC(C)C. The lowest BCUT2D eigenvalue weighted by molar-refractivity contribution is 0.0593. The molecule has 0 bridgehead atoms. The number of methoxy groups -OCH3 is 4. The van der Waals surface area contributed by atoms with E-state index < -0.39 is 11.9 Å². The van der Waals surface area contributed by atoms with Crippen LogP contribution in [0.2, 0.25) is 0 Å². The fraction of sp³-hybridized carbons (Fsp3) is 0.312. The first-order valence-electron chi connectivity index (χ1n) is 13.3. The molecule has 0 spiro atoms. The molecule has 42 heavy (non-hydrogen) atoms. The second-order valence-corrected chi connectivity index (χ2v) is 11.8. The summed E-state index contributed by atoms with van der Waals surface area (Å²) in [6.45, 7) is 7.73. The number of ether oxygens (including phenoxy) is 6. The minimum Gasteiger partial charge on any atom is -0.496 e. The second kappa shape index (κ2) is 13.3. The molecular formula is C32H34O8S2. The van der Waals surface area contributed by atoms with Crippen LogP contribution in [0, 0.1) is 0 Å². The number of thiophene rings is 2. The summed E-state index contributed by atoms with van der Waals surface area (Å²) in [4.78, 5) is 28.9. The van der Waals surface area contributed by atoms with E-state index in [1.54, 1.807) is 26.4 Å². The Hall–Kier alpha value is -4.02. The average molecular weight is 611 g/mol. The Balaban J connectivity index is 1.98. The fourth-order valence-electron chi connectivity index (χ4n) is 4.43. The maximum absolute atomic E-state index is 13.1. The topological polar surface area (TPSA) is 89.5 Å². The summed E-state index contributed by atoms with van der Waals surface area (Å²) in [5.74, 6) is 1.26. The molecule has 2 aromatic heterocycles. The van der Waals surface area contributed by atoms with E-state index in [2.05, 4.69) is 0 Å². The molecule has 0 N–H and O–H groups in total. The molecule has 10 heteroatoms. The lowest BCUT2D eigenvalue weighted by atomic mass is 10.1. The van der Waals surface area contributed by atoms with Crippen LogP contribution in [0.1, 0.15) is 48.4 Å². The Bertz CT molecular complexity index is 1460. The Morgan fingerprint density at radius 1 is 0.595 bits per heavy atom. The van der Waals surface area contributed by atoms with Crippen molar-refractivity contribution in [2.75, 3.05) is 28.4 Å². The number of esters is 2. The number of carbonyl (C=O) groups is 2. The highest BCUT2D eigenvalue weighted by Gasteiger charge is 2.28. The van der Waals surface area contributed by atoms with Crippen molar-refractivity contribution in [3.8, 4) is 53.6 Å². The largest absolute Gasteiger partial charge is 0.496 e. The normalized spacial score (nSPS) is 11.0. The highest BCUT2D eigenvalue weighted by molar-refractivity contribution is 7.25. The van der Waals surface area contributed by atoms with E-state index in [1.807, 2.05) is 64.1 Å².